The van der Waals surface area contributed by atoms with E-state index in [2.05, 4.69) is 15.4 Å². The topological polar surface area (TPSA) is 70.7 Å². The second-order valence-electron chi connectivity index (χ2n) is 3.45. The van der Waals surface area contributed by atoms with E-state index in [1.807, 2.05) is 0 Å². The Morgan fingerprint density at radius 3 is 2.74 bits per heavy atom. The zero-order valence-electron chi connectivity index (χ0n) is 9.12. The van der Waals surface area contributed by atoms with Gasteiger partial charge in [-0.15, -0.1) is 0 Å². The molecule has 0 aliphatic carbocycles. The SMILES string of the molecule is O=C(Nc1ncccc1Cl)c1cc(C(F)(F)F)[nH]n1. The number of alkyl halides is 3. The molecule has 2 rings (SSSR count). The van der Waals surface area contributed by atoms with Crippen molar-refractivity contribution in [1.82, 2.24) is 15.2 Å². The number of nitrogens with zero attached hydrogens (tertiary/aromatic N) is 2. The number of aromatic nitrogens is 3. The molecule has 0 aliphatic heterocycles. The normalized spacial score (nSPS) is 11.4. The molecule has 2 N–H and O–H groups in total. The lowest BCUT2D eigenvalue weighted by molar-refractivity contribution is -0.141. The van der Waals surface area contributed by atoms with Crippen LogP contribution < -0.4 is 5.32 Å². The second kappa shape index (κ2) is 4.88. The summed E-state index contributed by atoms with van der Waals surface area (Å²) in [5.74, 6) is -0.793. The molecule has 0 aliphatic rings. The summed E-state index contributed by atoms with van der Waals surface area (Å²) in [7, 11) is 0. The molecule has 0 unspecified atom stereocenters. The fourth-order valence-corrected chi connectivity index (χ4v) is 1.40. The van der Waals surface area contributed by atoms with Crippen LogP contribution in [0.2, 0.25) is 5.02 Å². The maximum Gasteiger partial charge on any atom is 0.432 e. The Labute approximate surface area is 109 Å². The fraction of sp³-hybridized carbons (Fsp3) is 0.100. The average Bonchev–Trinajstić information content (AvgIpc) is 2.81. The quantitative estimate of drug-likeness (QED) is 0.893. The highest BCUT2D eigenvalue weighted by atomic mass is 35.5. The van der Waals surface area contributed by atoms with Gasteiger partial charge in [0.2, 0.25) is 0 Å². The van der Waals surface area contributed by atoms with Crippen LogP contribution in [-0.4, -0.2) is 21.1 Å². The number of hydrogen-bond acceptors (Lipinski definition) is 3. The number of carbonyl (C=O) groups is 1. The van der Waals surface area contributed by atoms with Gasteiger partial charge in [0.1, 0.15) is 5.69 Å². The van der Waals surface area contributed by atoms with Crippen LogP contribution in [0.5, 0.6) is 0 Å². The summed E-state index contributed by atoms with van der Waals surface area (Å²) >= 11 is 5.75. The summed E-state index contributed by atoms with van der Waals surface area (Å²) in [6.45, 7) is 0. The Bertz CT molecular complexity index is 611. The standard InChI is InChI=1S/C10H6ClF3N4O/c11-5-2-1-3-15-8(5)16-9(19)6-4-7(18-17-6)10(12,13)14/h1-4H,(H,17,18)(H,15,16,19). The summed E-state index contributed by atoms with van der Waals surface area (Å²) in [5.41, 5.74) is -1.51. The third-order valence-electron chi connectivity index (χ3n) is 2.11. The Kier molecular flexibility index (Phi) is 3.43. The number of pyridine rings is 1. The maximum absolute atomic E-state index is 12.3. The smallest absolute Gasteiger partial charge is 0.304 e. The molecule has 0 radical (unpaired) electrons. The summed E-state index contributed by atoms with van der Waals surface area (Å²) in [4.78, 5) is 15.4. The zero-order chi connectivity index (χ0) is 14.0. The molecule has 2 aromatic heterocycles. The van der Waals surface area contributed by atoms with Crippen LogP contribution in [0.15, 0.2) is 24.4 Å². The van der Waals surface area contributed by atoms with Gasteiger partial charge < -0.3 is 5.32 Å². The van der Waals surface area contributed by atoms with Crippen molar-refractivity contribution >= 4 is 23.3 Å². The lowest BCUT2D eigenvalue weighted by Crippen LogP contribution is -2.13. The zero-order valence-corrected chi connectivity index (χ0v) is 9.88. The van der Waals surface area contributed by atoms with E-state index in [0.717, 1.165) is 0 Å². The number of hydrogen-bond donors (Lipinski definition) is 2. The Morgan fingerprint density at radius 2 is 2.16 bits per heavy atom. The van der Waals surface area contributed by atoms with Gasteiger partial charge in [-0.2, -0.15) is 18.3 Å². The maximum atomic E-state index is 12.3. The van der Waals surface area contributed by atoms with Crippen LogP contribution in [0.1, 0.15) is 16.2 Å². The summed E-state index contributed by atoms with van der Waals surface area (Å²) < 4.78 is 37.0. The number of nitrogens with one attached hydrogen (secondary N) is 2. The first-order chi connectivity index (χ1) is 8.88. The van der Waals surface area contributed by atoms with Gasteiger partial charge in [-0.1, -0.05) is 11.6 Å². The molecule has 5 nitrogen and oxygen atoms in total. The highest BCUT2D eigenvalue weighted by Gasteiger charge is 2.33. The van der Waals surface area contributed by atoms with Gasteiger partial charge in [0.25, 0.3) is 5.91 Å². The molecule has 1 amide bonds. The van der Waals surface area contributed by atoms with Gasteiger partial charge in [-0.25, -0.2) is 4.98 Å². The van der Waals surface area contributed by atoms with Crippen molar-refractivity contribution in [2.75, 3.05) is 5.32 Å². The van der Waals surface area contributed by atoms with E-state index in [1.165, 1.54) is 12.3 Å². The fourth-order valence-electron chi connectivity index (χ4n) is 1.23. The van der Waals surface area contributed by atoms with E-state index in [4.69, 9.17) is 11.6 Å². The Morgan fingerprint density at radius 1 is 1.42 bits per heavy atom. The van der Waals surface area contributed by atoms with E-state index in [-0.39, 0.29) is 10.8 Å². The number of H-pyrrole nitrogens is 1. The molecule has 0 aromatic carbocycles. The Hall–Kier alpha value is -2.09. The van der Waals surface area contributed by atoms with Gasteiger partial charge in [0.05, 0.1) is 5.02 Å². The largest absolute Gasteiger partial charge is 0.432 e. The highest BCUT2D eigenvalue weighted by Crippen LogP contribution is 2.28. The lowest BCUT2D eigenvalue weighted by atomic mass is 10.3. The monoisotopic (exact) mass is 290 g/mol. The van der Waals surface area contributed by atoms with Gasteiger partial charge in [0, 0.05) is 12.3 Å². The van der Waals surface area contributed by atoms with Crippen LogP contribution in [0, 0.1) is 0 Å². The van der Waals surface area contributed by atoms with Crippen LogP contribution >= 0.6 is 11.6 Å². The van der Waals surface area contributed by atoms with Gasteiger partial charge in [-0.05, 0) is 12.1 Å². The Balaban J connectivity index is 2.17. The number of amides is 1. The van der Waals surface area contributed by atoms with Crippen molar-refractivity contribution in [1.29, 1.82) is 0 Å². The van der Waals surface area contributed by atoms with Crippen molar-refractivity contribution in [3.63, 3.8) is 0 Å². The van der Waals surface area contributed by atoms with Crippen LogP contribution in [0.4, 0.5) is 19.0 Å². The summed E-state index contributed by atoms with van der Waals surface area (Å²) in [6, 6.07) is 3.64. The van der Waals surface area contributed by atoms with Gasteiger partial charge in [0.15, 0.2) is 11.5 Å². The first kappa shape index (κ1) is 13.3. The lowest BCUT2D eigenvalue weighted by Gasteiger charge is -2.03. The summed E-state index contributed by atoms with van der Waals surface area (Å²) in [5, 5.41) is 7.45. The van der Waals surface area contributed by atoms with Crippen molar-refractivity contribution in [2.24, 2.45) is 0 Å². The van der Waals surface area contributed by atoms with E-state index < -0.39 is 23.5 Å². The second-order valence-corrected chi connectivity index (χ2v) is 3.86. The molecular weight excluding hydrogens is 285 g/mol. The molecule has 100 valence electrons. The molecule has 19 heavy (non-hydrogen) atoms. The minimum atomic E-state index is -4.59. The van der Waals surface area contributed by atoms with E-state index in [9.17, 15) is 18.0 Å². The number of anilines is 1. The molecule has 0 fully saturated rings. The predicted octanol–water partition coefficient (Wildman–Crippen LogP) is 2.73. The molecule has 0 atom stereocenters. The van der Waals surface area contributed by atoms with Crippen molar-refractivity contribution in [3.05, 3.63) is 40.8 Å². The van der Waals surface area contributed by atoms with E-state index in [0.29, 0.717) is 6.07 Å². The minimum Gasteiger partial charge on any atom is -0.304 e. The van der Waals surface area contributed by atoms with Crippen LogP contribution in [-0.2, 0) is 6.18 Å². The number of carbonyl (C=O) groups excluding carboxylic acids is 1. The molecule has 0 saturated heterocycles. The van der Waals surface area contributed by atoms with Crippen molar-refractivity contribution in [3.8, 4) is 0 Å². The third-order valence-corrected chi connectivity index (χ3v) is 2.41. The first-order valence-corrected chi connectivity index (χ1v) is 5.30. The minimum absolute atomic E-state index is 0.0470. The van der Waals surface area contributed by atoms with Crippen molar-refractivity contribution in [2.45, 2.75) is 6.18 Å². The average molecular weight is 291 g/mol. The molecule has 0 bridgehead atoms. The number of halogens is 4. The molecular formula is C10H6ClF3N4O. The van der Waals surface area contributed by atoms with Gasteiger partial charge >= 0.3 is 6.18 Å². The first-order valence-electron chi connectivity index (χ1n) is 4.92. The van der Waals surface area contributed by atoms with E-state index >= 15 is 0 Å². The molecule has 2 heterocycles. The number of aromatic amines is 1. The molecule has 0 saturated carbocycles. The summed E-state index contributed by atoms with van der Waals surface area (Å²) in [6.07, 6.45) is -3.21. The third kappa shape index (κ3) is 3.02. The van der Waals surface area contributed by atoms with Crippen molar-refractivity contribution < 1.29 is 18.0 Å². The van der Waals surface area contributed by atoms with Crippen LogP contribution in [0.25, 0.3) is 0 Å². The number of rotatable bonds is 2. The molecule has 9 heteroatoms. The van der Waals surface area contributed by atoms with E-state index in [1.54, 1.807) is 11.2 Å². The molecule has 2 aromatic rings. The highest BCUT2D eigenvalue weighted by molar-refractivity contribution is 6.33. The molecule has 0 spiro atoms. The van der Waals surface area contributed by atoms with Crippen LogP contribution in [0.3, 0.4) is 0 Å². The predicted molar refractivity (Wildman–Crippen MR) is 60.8 cm³/mol. The van der Waals surface area contributed by atoms with Gasteiger partial charge in [-0.3, -0.25) is 9.89 Å².